The van der Waals surface area contributed by atoms with Gasteiger partial charge < -0.3 is 15.5 Å². The summed E-state index contributed by atoms with van der Waals surface area (Å²) in [5.74, 6) is -0.229. The summed E-state index contributed by atoms with van der Waals surface area (Å²) >= 11 is 0. The summed E-state index contributed by atoms with van der Waals surface area (Å²) < 4.78 is 0. The van der Waals surface area contributed by atoms with Crippen LogP contribution >= 0.6 is 0 Å². The molecule has 0 aliphatic carbocycles. The molecule has 1 amide bonds. The van der Waals surface area contributed by atoms with E-state index in [-0.39, 0.29) is 5.91 Å². The number of carbonyl (C=O) groups excluding carboxylic acids is 1. The maximum atomic E-state index is 12.4. The lowest BCUT2D eigenvalue weighted by molar-refractivity contribution is 0.102. The number of para-hydroxylation sites is 1. The molecule has 1 heterocycles. The Labute approximate surface area is 160 Å². The number of benzene rings is 2. The Morgan fingerprint density at radius 1 is 0.963 bits per heavy atom. The highest BCUT2D eigenvalue weighted by molar-refractivity contribution is 6.03. The summed E-state index contributed by atoms with van der Waals surface area (Å²) in [6, 6.07) is 19.4. The summed E-state index contributed by atoms with van der Waals surface area (Å²) in [5, 5.41) is 6.23. The van der Waals surface area contributed by atoms with Crippen molar-refractivity contribution < 1.29 is 4.79 Å². The minimum Gasteiger partial charge on any atom is -0.378 e. The first-order valence-corrected chi connectivity index (χ1v) is 8.96. The van der Waals surface area contributed by atoms with Gasteiger partial charge in [-0.15, -0.1) is 0 Å². The molecule has 0 aliphatic heterocycles. The number of carbonyl (C=O) groups is 1. The van der Waals surface area contributed by atoms with Gasteiger partial charge in [-0.25, -0.2) is 4.98 Å². The molecular weight excluding hydrogens is 336 g/mol. The first-order valence-electron chi connectivity index (χ1n) is 8.96. The van der Waals surface area contributed by atoms with Gasteiger partial charge in [-0.2, -0.15) is 0 Å². The number of nitrogens with one attached hydrogen (secondary N) is 2. The zero-order valence-corrected chi connectivity index (χ0v) is 15.9. The van der Waals surface area contributed by atoms with Crippen LogP contribution in [0.2, 0.25) is 0 Å². The number of rotatable bonds is 6. The van der Waals surface area contributed by atoms with Crippen molar-refractivity contribution in [2.75, 3.05) is 29.6 Å². The third kappa shape index (κ3) is 4.64. The number of aryl methyl sites for hydroxylation is 1. The molecule has 0 saturated carbocycles. The van der Waals surface area contributed by atoms with Crippen LogP contribution in [0.15, 0.2) is 66.9 Å². The molecule has 0 aliphatic rings. The van der Waals surface area contributed by atoms with E-state index in [4.69, 9.17) is 0 Å². The molecule has 1 aromatic heterocycles. The number of hydrogen-bond donors (Lipinski definition) is 2. The molecule has 5 nitrogen and oxygen atoms in total. The second-order valence-electron chi connectivity index (χ2n) is 6.46. The molecule has 0 atom stereocenters. The largest absolute Gasteiger partial charge is 0.378 e. The van der Waals surface area contributed by atoms with Gasteiger partial charge in [0.15, 0.2) is 0 Å². The molecule has 0 spiro atoms. The zero-order valence-electron chi connectivity index (χ0n) is 15.9. The van der Waals surface area contributed by atoms with Gasteiger partial charge in [0.1, 0.15) is 5.69 Å². The fourth-order valence-corrected chi connectivity index (χ4v) is 2.75. The van der Waals surface area contributed by atoms with Crippen molar-refractivity contribution >= 4 is 28.7 Å². The van der Waals surface area contributed by atoms with E-state index in [1.165, 1.54) is 5.56 Å². The minimum atomic E-state index is -0.229. The minimum absolute atomic E-state index is 0.229. The maximum Gasteiger partial charge on any atom is 0.274 e. The highest BCUT2D eigenvalue weighted by Crippen LogP contribution is 2.21. The SMILES string of the molecule is CCc1ccccc1Nc1ccc(C(=O)Nc2ccc(N(C)C)cc2)nc1. The molecule has 3 rings (SSSR count). The van der Waals surface area contributed by atoms with Crippen LogP contribution in [0.25, 0.3) is 0 Å². The monoisotopic (exact) mass is 360 g/mol. The molecule has 0 fully saturated rings. The third-order valence-electron chi connectivity index (χ3n) is 4.31. The van der Waals surface area contributed by atoms with Crippen molar-refractivity contribution in [3.05, 3.63) is 78.1 Å². The van der Waals surface area contributed by atoms with Crippen molar-refractivity contribution in [3.8, 4) is 0 Å². The van der Waals surface area contributed by atoms with Crippen LogP contribution in [0, 0.1) is 0 Å². The second kappa shape index (κ2) is 8.36. The molecule has 0 radical (unpaired) electrons. The van der Waals surface area contributed by atoms with Crippen LogP contribution in [-0.4, -0.2) is 25.0 Å². The molecule has 5 heteroatoms. The number of hydrogen-bond acceptors (Lipinski definition) is 4. The van der Waals surface area contributed by atoms with Crippen LogP contribution in [-0.2, 0) is 6.42 Å². The fourth-order valence-electron chi connectivity index (χ4n) is 2.75. The molecule has 2 N–H and O–H groups in total. The van der Waals surface area contributed by atoms with Crippen LogP contribution in [0.1, 0.15) is 23.0 Å². The molecule has 27 heavy (non-hydrogen) atoms. The van der Waals surface area contributed by atoms with Crippen LogP contribution in [0.4, 0.5) is 22.7 Å². The molecule has 0 unspecified atom stereocenters. The van der Waals surface area contributed by atoms with E-state index in [2.05, 4.69) is 28.6 Å². The lowest BCUT2D eigenvalue weighted by Crippen LogP contribution is -2.14. The Balaban J connectivity index is 1.66. The smallest absolute Gasteiger partial charge is 0.274 e. The number of aromatic nitrogens is 1. The van der Waals surface area contributed by atoms with Gasteiger partial charge in [0.25, 0.3) is 5.91 Å². The Morgan fingerprint density at radius 3 is 2.30 bits per heavy atom. The van der Waals surface area contributed by atoms with Gasteiger partial charge in [-0.1, -0.05) is 25.1 Å². The van der Waals surface area contributed by atoms with E-state index < -0.39 is 0 Å². The quantitative estimate of drug-likeness (QED) is 0.669. The normalized spacial score (nSPS) is 10.3. The Hall–Kier alpha value is -3.34. The number of pyridine rings is 1. The molecular formula is C22H24N4O. The number of anilines is 4. The van der Waals surface area contributed by atoms with E-state index in [0.29, 0.717) is 5.69 Å². The Morgan fingerprint density at radius 2 is 1.67 bits per heavy atom. The molecule has 0 saturated heterocycles. The zero-order chi connectivity index (χ0) is 19.2. The maximum absolute atomic E-state index is 12.4. The molecule has 138 valence electrons. The molecule has 0 bridgehead atoms. The van der Waals surface area contributed by atoms with Gasteiger partial charge >= 0.3 is 0 Å². The van der Waals surface area contributed by atoms with Crippen molar-refractivity contribution in [3.63, 3.8) is 0 Å². The van der Waals surface area contributed by atoms with Crippen LogP contribution in [0.3, 0.4) is 0 Å². The van der Waals surface area contributed by atoms with Gasteiger partial charge in [0.2, 0.25) is 0 Å². The number of nitrogens with zero attached hydrogens (tertiary/aromatic N) is 2. The summed E-state index contributed by atoms with van der Waals surface area (Å²) in [6.45, 7) is 2.12. The van der Waals surface area contributed by atoms with Crippen molar-refractivity contribution in [1.29, 1.82) is 0 Å². The van der Waals surface area contributed by atoms with Gasteiger partial charge in [0.05, 0.1) is 11.9 Å². The fraction of sp³-hybridized carbons (Fsp3) is 0.182. The van der Waals surface area contributed by atoms with Crippen LogP contribution in [0.5, 0.6) is 0 Å². The van der Waals surface area contributed by atoms with Crippen molar-refractivity contribution in [1.82, 2.24) is 4.98 Å². The summed E-state index contributed by atoms with van der Waals surface area (Å²) in [6.07, 6.45) is 2.63. The van der Waals surface area contributed by atoms with Crippen molar-refractivity contribution in [2.24, 2.45) is 0 Å². The number of amides is 1. The topological polar surface area (TPSA) is 57.3 Å². The molecule has 3 aromatic rings. The van der Waals surface area contributed by atoms with Gasteiger partial charge in [0, 0.05) is 31.2 Å². The average Bonchev–Trinajstić information content (AvgIpc) is 2.69. The lowest BCUT2D eigenvalue weighted by Gasteiger charge is -2.13. The first-order chi connectivity index (χ1) is 13.1. The third-order valence-corrected chi connectivity index (χ3v) is 4.31. The highest BCUT2D eigenvalue weighted by atomic mass is 16.1. The first kappa shape index (κ1) is 18.5. The van der Waals surface area contributed by atoms with E-state index in [0.717, 1.165) is 29.2 Å². The predicted molar refractivity (Wildman–Crippen MR) is 112 cm³/mol. The highest BCUT2D eigenvalue weighted by Gasteiger charge is 2.08. The van der Waals surface area contributed by atoms with E-state index in [9.17, 15) is 4.79 Å². The van der Waals surface area contributed by atoms with E-state index in [1.807, 2.05) is 67.5 Å². The van der Waals surface area contributed by atoms with Crippen LogP contribution < -0.4 is 15.5 Å². The predicted octanol–water partition coefficient (Wildman–Crippen LogP) is 4.71. The lowest BCUT2D eigenvalue weighted by atomic mass is 10.1. The summed E-state index contributed by atoms with van der Waals surface area (Å²) in [5.41, 5.74) is 5.34. The Bertz CT molecular complexity index is 902. The Kier molecular flexibility index (Phi) is 5.71. The second-order valence-corrected chi connectivity index (χ2v) is 6.46. The average molecular weight is 360 g/mol. The van der Waals surface area contributed by atoms with Crippen molar-refractivity contribution in [2.45, 2.75) is 13.3 Å². The van der Waals surface area contributed by atoms with Gasteiger partial charge in [-0.3, -0.25) is 4.79 Å². The molecule has 2 aromatic carbocycles. The van der Waals surface area contributed by atoms with Gasteiger partial charge in [-0.05, 0) is 54.4 Å². The summed E-state index contributed by atoms with van der Waals surface area (Å²) in [7, 11) is 3.96. The van der Waals surface area contributed by atoms with E-state index >= 15 is 0 Å². The standard InChI is InChI=1S/C22H24N4O/c1-4-16-7-5-6-8-20(16)24-18-11-14-21(23-15-18)22(27)25-17-9-12-19(13-10-17)26(2)3/h5-15,24H,4H2,1-3H3,(H,25,27). The summed E-state index contributed by atoms with van der Waals surface area (Å²) in [4.78, 5) is 18.7. The van der Waals surface area contributed by atoms with E-state index in [1.54, 1.807) is 12.3 Å².